The fourth-order valence-electron chi connectivity index (χ4n) is 3.79. The lowest BCUT2D eigenvalue weighted by Gasteiger charge is -2.30. The number of hydrogen-bond donors (Lipinski definition) is 3. The van der Waals surface area contributed by atoms with Crippen molar-refractivity contribution in [2.24, 2.45) is 10.4 Å². The maximum Gasteiger partial charge on any atom is 0.226 e. The third kappa shape index (κ3) is 7.86. The number of nitrogens with zero attached hydrogens (tertiary/aromatic N) is 1. The quantitative estimate of drug-likeness (QED) is 0.301. The molecule has 1 aliphatic carbocycles. The maximum atomic E-state index is 12.2. The average molecular weight is 423 g/mol. The van der Waals surface area contributed by atoms with Gasteiger partial charge >= 0.3 is 0 Å². The van der Waals surface area contributed by atoms with Gasteiger partial charge < -0.3 is 20.7 Å². The molecule has 1 aliphatic rings. The number of ether oxygens (including phenoxy) is 1. The molecule has 0 aromatic heterocycles. The van der Waals surface area contributed by atoms with Crippen molar-refractivity contribution in [3.8, 4) is 0 Å². The Morgan fingerprint density at radius 3 is 2.69 bits per heavy atom. The molecule has 3 N–H and O–H groups in total. The molecule has 0 saturated heterocycles. The Morgan fingerprint density at radius 1 is 1.28 bits per heavy atom. The van der Waals surface area contributed by atoms with Crippen molar-refractivity contribution in [3.63, 3.8) is 0 Å². The molecule has 1 aromatic rings. The minimum Gasteiger partial charge on any atom is -0.382 e. The Morgan fingerprint density at radius 2 is 2.03 bits per heavy atom. The number of anilines is 1. The number of guanidine groups is 1. The van der Waals surface area contributed by atoms with Crippen LogP contribution in [-0.4, -0.2) is 45.2 Å². The number of rotatable bonds is 10. The summed E-state index contributed by atoms with van der Waals surface area (Å²) in [5.74, 6) is 0.650. The van der Waals surface area contributed by atoms with Gasteiger partial charge in [0.25, 0.3) is 0 Å². The van der Waals surface area contributed by atoms with Crippen LogP contribution in [0, 0.1) is 12.3 Å². The summed E-state index contributed by atoms with van der Waals surface area (Å²) in [7, 11) is 1.75. The van der Waals surface area contributed by atoms with E-state index in [0.29, 0.717) is 23.7 Å². The van der Waals surface area contributed by atoms with E-state index in [1.807, 2.05) is 32.0 Å². The van der Waals surface area contributed by atoms with Crippen LogP contribution in [0.2, 0.25) is 5.02 Å². The summed E-state index contributed by atoms with van der Waals surface area (Å²) in [4.78, 5) is 16.5. The Balaban J connectivity index is 1.74. The zero-order chi connectivity index (χ0) is 21.1. The lowest BCUT2D eigenvalue weighted by atomic mass is 9.83. The first-order chi connectivity index (χ1) is 14.0. The van der Waals surface area contributed by atoms with Gasteiger partial charge in [0.05, 0.1) is 10.7 Å². The van der Waals surface area contributed by atoms with Crippen molar-refractivity contribution in [2.45, 2.75) is 52.4 Å². The van der Waals surface area contributed by atoms with E-state index in [4.69, 9.17) is 16.3 Å². The molecule has 0 radical (unpaired) electrons. The SMILES string of the molecule is CCOCCC1(CNC(=NC)NCCC(=O)Nc2ccc(C)cc2Cl)CCCC1. The molecule has 0 atom stereocenters. The van der Waals surface area contributed by atoms with E-state index in [1.165, 1.54) is 25.7 Å². The van der Waals surface area contributed by atoms with E-state index >= 15 is 0 Å². The van der Waals surface area contributed by atoms with Crippen LogP contribution < -0.4 is 16.0 Å². The van der Waals surface area contributed by atoms with E-state index in [1.54, 1.807) is 7.05 Å². The lowest BCUT2D eigenvalue weighted by molar-refractivity contribution is -0.116. The van der Waals surface area contributed by atoms with Crippen LogP contribution in [-0.2, 0) is 9.53 Å². The molecule has 6 nitrogen and oxygen atoms in total. The highest BCUT2D eigenvalue weighted by molar-refractivity contribution is 6.33. The topological polar surface area (TPSA) is 74.8 Å². The number of nitrogens with one attached hydrogen (secondary N) is 3. The number of carbonyl (C=O) groups excluding carboxylic acids is 1. The van der Waals surface area contributed by atoms with Crippen LogP contribution in [0.25, 0.3) is 0 Å². The molecule has 0 unspecified atom stereocenters. The number of benzene rings is 1. The Hall–Kier alpha value is -1.79. The fourth-order valence-corrected chi connectivity index (χ4v) is 4.08. The minimum atomic E-state index is -0.0808. The van der Waals surface area contributed by atoms with Gasteiger partial charge in [0.1, 0.15) is 0 Å². The average Bonchev–Trinajstić information content (AvgIpc) is 3.16. The van der Waals surface area contributed by atoms with Gasteiger partial charge in [-0.15, -0.1) is 0 Å². The highest BCUT2D eigenvalue weighted by Crippen LogP contribution is 2.40. The summed E-state index contributed by atoms with van der Waals surface area (Å²) in [5.41, 5.74) is 1.99. The Labute approximate surface area is 179 Å². The van der Waals surface area contributed by atoms with Crippen molar-refractivity contribution in [1.29, 1.82) is 0 Å². The van der Waals surface area contributed by atoms with Crippen LogP contribution in [0.4, 0.5) is 5.69 Å². The highest BCUT2D eigenvalue weighted by atomic mass is 35.5. The van der Waals surface area contributed by atoms with E-state index in [0.717, 1.165) is 37.7 Å². The first kappa shape index (κ1) is 23.5. The maximum absolute atomic E-state index is 12.2. The predicted molar refractivity (Wildman–Crippen MR) is 121 cm³/mol. The van der Waals surface area contributed by atoms with Crippen LogP contribution in [0.1, 0.15) is 51.0 Å². The predicted octanol–water partition coefficient (Wildman–Crippen LogP) is 4.13. The molecule has 0 spiro atoms. The Bertz CT molecular complexity index is 687. The molecule has 0 aliphatic heterocycles. The van der Waals surface area contributed by atoms with Gasteiger partial charge in [-0.3, -0.25) is 9.79 Å². The summed E-state index contributed by atoms with van der Waals surface area (Å²) in [5, 5.41) is 10.1. The second kappa shape index (κ2) is 12.0. The molecular weight excluding hydrogens is 388 g/mol. The summed E-state index contributed by atoms with van der Waals surface area (Å²) >= 11 is 6.17. The number of aryl methyl sites for hydroxylation is 1. The van der Waals surface area contributed by atoms with Gasteiger partial charge in [-0.2, -0.15) is 0 Å². The van der Waals surface area contributed by atoms with Crippen molar-refractivity contribution in [1.82, 2.24) is 10.6 Å². The molecule has 1 saturated carbocycles. The first-order valence-corrected chi connectivity index (χ1v) is 10.9. The summed E-state index contributed by atoms with van der Waals surface area (Å²) in [6.45, 7) is 6.96. The molecule has 1 aromatic carbocycles. The molecule has 1 amide bonds. The summed E-state index contributed by atoms with van der Waals surface area (Å²) in [6.07, 6.45) is 6.42. The van der Waals surface area contributed by atoms with Gasteiger partial charge in [-0.1, -0.05) is 30.5 Å². The Kier molecular flexibility index (Phi) is 9.74. The number of amides is 1. The second-order valence-electron chi connectivity index (χ2n) is 7.79. The van der Waals surface area contributed by atoms with Crippen molar-refractivity contribution in [3.05, 3.63) is 28.8 Å². The molecule has 162 valence electrons. The normalized spacial score (nSPS) is 15.9. The van der Waals surface area contributed by atoms with Gasteiger partial charge in [0.2, 0.25) is 5.91 Å². The third-order valence-electron chi connectivity index (χ3n) is 5.54. The molecule has 2 rings (SSSR count). The van der Waals surface area contributed by atoms with Crippen molar-refractivity contribution < 1.29 is 9.53 Å². The highest BCUT2D eigenvalue weighted by Gasteiger charge is 2.33. The van der Waals surface area contributed by atoms with Gasteiger partial charge in [0, 0.05) is 39.8 Å². The zero-order valence-corrected chi connectivity index (χ0v) is 18.7. The monoisotopic (exact) mass is 422 g/mol. The van der Waals surface area contributed by atoms with Gasteiger partial charge in [-0.25, -0.2) is 0 Å². The van der Waals surface area contributed by atoms with Crippen LogP contribution in [0.5, 0.6) is 0 Å². The van der Waals surface area contributed by atoms with Crippen molar-refractivity contribution >= 4 is 29.2 Å². The smallest absolute Gasteiger partial charge is 0.226 e. The molecular formula is C22H35ClN4O2. The summed E-state index contributed by atoms with van der Waals surface area (Å²) < 4.78 is 5.58. The van der Waals surface area contributed by atoms with Crippen LogP contribution in [0.3, 0.4) is 0 Å². The fraction of sp³-hybridized carbons (Fsp3) is 0.636. The van der Waals surface area contributed by atoms with E-state index < -0.39 is 0 Å². The van der Waals surface area contributed by atoms with Crippen LogP contribution in [0.15, 0.2) is 23.2 Å². The van der Waals surface area contributed by atoms with Gasteiger partial charge in [-0.05, 0) is 56.2 Å². The zero-order valence-electron chi connectivity index (χ0n) is 17.9. The third-order valence-corrected chi connectivity index (χ3v) is 5.86. The van der Waals surface area contributed by atoms with E-state index in [-0.39, 0.29) is 11.3 Å². The minimum absolute atomic E-state index is 0.0808. The lowest BCUT2D eigenvalue weighted by Crippen LogP contribution is -2.44. The van der Waals surface area contributed by atoms with Gasteiger partial charge in [0.15, 0.2) is 5.96 Å². The molecule has 1 fully saturated rings. The van der Waals surface area contributed by atoms with Crippen LogP contribution >= 0.6 is 11.6 Å². The number of halogens is 1. The standard InChI is InChI=1S/C22H35ClN4O2/c1-4-29-14-12-22(10-5-6-11-22)16-26-21(24-3)25-13-9-20(28)27-19-8-7-17(2)15-18(19)23/h7-8,15H,4-6,9-14,16H2,1-3H3,(H,27,28)(H2,24,25,26). The van der Waals surface area contributed by atoms with E-state index in [9.17, 15) is 4.79 Å². The summed E-state index contributed by atoms with van der Waals surface area (Å²) in [6, 6.07) is 5.59. The largest absolute Gasteiger partial charge is 0.382 e. The van der Waals surface area contributed by atoms with Crippen molar-refractivity contribution in [2.75, 3.05) is 38.7 Å². The number of carbonyl (C=O) groups is 1. The first-order valence-electron chi connectivity index (χ1n) is 10.6. The van der Waals surface area contributed by atoms with E-state index in [2.05, 4.69) is 20.9 Å². The molecule has 0 bridgehead atoms. The number of hydrogen-bond acceptors (Lipinski definition) is 3. The molecule has 0 heterocycles. The molecule has 29 heavy (non-hydrogen) atoms. The molecule has 7 heteroatoms. The number of aliphatic imine (C=N–C) groups is 1. The second-order valence-corrected chi connectivity index (χ2v) is 8.20.